The van der Waals surface area contributed by atoms with Gasteiger partial charge in [-0.1, -0.05) is 13.8 Å². The van der Waals surface area contributed by atoms with Crippen LogP contribution in [0.4, 0.5) is 0 Å². The number of esters is 1. The van der Waals surface area contributed by atoms with Gasteiger partial charge in [-0.15, -0.1) is 0 Å². The van der Waals surface area contributed by atoms with Gasteiger partial charge in [0.15, 0.2) is 5.41 Å². The lowest BCUT2D eigenvalue weighted by molar-refractivity contribution is -0.173. The number of ether oxygens (including phenoxy) is 1. The molecule has 0 aromatic heterocycles. The van der Waals surface area contributed by atoms with E-state index in [1.54, 1.807) is 6.92 Å². The molecule has 92 valence electrons. The quantitative estimate of drug-likeness (QED) is 0.593. The third kappa shape index (κ3) is 2.20. The van der Waals surface area contributed by atoms with Crippen molar-refractivity contribution in [1.29, 1.82) is 0 Å². The number of rotatable bonds is 3. The first-order valence-corrected chi connectivity index (χ1v) is 5.84. The number of aliphatic carboxylic acids is 1. The van der Waals surface area contributed by atoms with Crippen molar-refractivity contribution in [3.63, 3.8) is 0 Å². The summed E-state index contributed by atoms with van der Waals surface area (Å²) in [5.74, 6) is -0.887. The van der Waals surface area contributed by atoms with Crippen LogP contribution >= 0.6 is 0 Å². The Morgan fingerprint density at radius 2 is 2.00 bits per heavy atom. The van der Waals surface area contributed by atoms with Crippen LogP contribution in [0.1, 0.15) is 40.0 Å². The van der Waals surface area contributed by atoms with Crippen molar-refractivity contribution in [1.82, 2.24) is 0 Å². The summed E-state index contributed by atoms with van der Waals surface area (Å²) in [6.07, 6.45) is 1.56. The monoisotopic (exact) mass is 228 g/mol. The van der Waals surface area contributed by atoms with Crippen molar-refractivity contribution in [2.75, 3.05) is 6.61 Å². The fourth-order valence-corrected chi connectivity index (χ4v) is 2.35. The maximum atomic E-state index is 11.8. The van der Waals surface area contributed by atoms with Crippen molar-refractivity contribution < 1.29 is 19.4 Å². The lowest BCUT2D eigenvalue weighted by Gasteiger charge is -2.37. The molecule has 3 atom stereocenters. The van der Waals surface area contributed by atoms with Crippen molar-refractivity contribution in [3.8, 4) is 0 Å². The molecule has 3 unspecified atom stereocenters. The van der Waals surface area contributed by atoms with Crippen molar-refractivity contribution in [3.05, 3.63) is 0 Å². The van der Waals surface area contributed by atoms with Gasteiger partial charge in [0.25, 0.3) is 0 Å². The fourth-order valence-electron chi connectivity index (χ4n) is 2.35. The van der Waals surface area contributed by atoms with Crippen LogP contribution in [0.15, 0.2) is 0 Å². The predicted molar refractivity (Wildman–Crippen MR) is 58.9 cm³/mol. The van der Waals surface area contributed by atoms with Crippen molar-refractivity contribution in [2.45, 2.75) is 40.0 Å². The molecule has 0 amide bonds. The largest absolute Gasteiger partial charge is 0.480 e. The molecule has 0 bridgehead atoms. The van der Waals surface area contributed by atoms with Gasteiger partial charge in [0.1, 0.15) is 0 Å². The number of carbonyl (C=O) groups excluding carboxylic acids is 1. The van der Waals surface area contributed by atoms with Crippen molar-refractivity contribution >= 4 is 11.9 Å². The Bertz CT molecular complexity index is 287. The van der Waals surface area contributed by atoms with Crippen LogP contribution < -0.4 is 0 Å². The molecule has 1 rings (SSSR count). The molecule has 1 fully saturated rings. The lowest BCUT2D eigenvalue weighted by atomic mass is 9.66. The van der Waals surface area contributed by atoms with Crippen LogP contribution in [0.25, 0.3) is 0 Å². The highest BCUT2D eigenvalue weighted by molar-refractivity contribution is 5.99. The third-order valence-electron chi connectivity index (χ3n) is 3.74. The van der Waals surface area contributed by atoms with Crippen LogP contribution in [-0.4, -0.2) is 23.7 Å². The summed E-state index contributed by atoms with van der Waals surface area (Å²) in [7, 11) is 0. The van der Waals surface area contributed by atoms with E-state index in [0.29, 0.717) is 18.8 Å². The van der Waals surface area contributed by atoms with E-state index in [1.807, 2.05) is 6.92 Å². The van der Waals surface area contributed by atoms with Gasteiger partial charge in [-0.25, -0.2) is 0 Å². The average molecular weight is 228 g/mol. The molecule has 1 saturated carbocycles. The fraction of sp³-hybridized carbons (Fsp3) is 0.833. The van der Waals surface area contributed by atoms with E-state index in [4.69, 9.17) is 4.74 Å². The van der Waals surface area contributed by atoms with Gasteiger partial charge >= 0.3 is 11.9 Å². The second kappa shape index (κ2) is 4.85. The number of carboxylic acids is 1. The lowest BCUT2D eigenvalue weighted by Crippen LogP contribution is -2.45. The molecule has 4 nitrogen and oxygen atoms in total. The average Bonchev–Trinajstić information content (AvgIpc) is 2.22. The summed E-state index contributed by atoms with van der Waals surface area (Å²) in [5, 5.41) is 9.29. The summed E-state index contributed by atoms with van der Waals surface area (Å²) in [6, 6.07) is 0. The highest BCUT2D eigenvalue weighted by Crippen LogP contribution is 2.43. The predicted octanol–water partition coefficient (Wildman–Crippen LogP) is 2.08. The molecule has 1 aliphatic carbocycles. The minimum absolute atomic E-state index is 0.234. The first kappa shape index (κ1) is 13.0. The Morgan fingerprint density at radius 3 is 2.44 bits per heavy atom. The zero-order valence-corrected chi connectivity index (χ0v) is 10.2. The molecule has 0 aromatic carbocycles. The van der Waals surface area contributed by atoms with Crippen LogP contribution in [-0.2, 0) is 14.3 Å². The zero-order valence-electron chi connectivity index (χ0n) is 10.2. The first-order valence-electron chi connectivity index (χ1n) is 5.84. The summed E-state index contributed by atoms with van der Waals surface area (Å²) in [6.45, 7) is 6.03. The molecular weight excluding hydrogens is 208 g/mol. The SMILES string of the molecule is CCOC(=O)C1(C(=O)O)CCC(C)C(C)C1. The number of hydrogen-bond donors (Lipinski definition) is 1. The standard InChI is InChI=1S/C12H20O4/c1-4-16-11(15)12(10(13)14)6-5-8(2)9(3)7-12/h8-9H,4-7H2,1-3H3,(H,13,14). The number of hydrogen-bond acceptors (Lipinski definition) is 3. The maximum absolute atomic E-state index is 11.8. The second-order valence-electron chi connectivity index (χ2n) is 4.81. The molecule has 0 radical (unpaired) electrons. The minimum atomic E-state index is -1.30. The van der Waals surface area contributed by atoms with Gasteiger partial charge in [-0.2, -0.15) is 0 Å². The number of carboxylic acid groups (broad SMARTS) is 1. The Balaban J connectivity index is 2.90. The number of carbonyl (C=O) groups is 2. The molecule has 0 aliphatic heterocycles. The maximum Gasteiger partial charge on any atom is 0.323 e. The van der Waals surface area contributed by atoms with Gasteiger partial charge in [0.2, 0.25) is 0 Å². The molecule has 0 spiro atoms. The van der Waals surface area contributed by atoms with E-state index in [1.165, 1.54) is 0 Å². The van der Waals surface area contributed by atoms with Crippen molar-refractivity contribution in [2.24, 2.45) is 17.3 Å². The van der Waals surface area contributed by atoms with Gasteiger partial charge in [0, 0.05) is 0 Å². The Labute approximate surface area is 96.0 Å². The molecular formula is C12H20O4. The van der Waals surface area contributed by atoms with Gasteiger partial charge in [0.05, 0.1) is 6.61 Å². The van der Waals surface area contributed by atoms with Crippen LogP contribution in [0.5, 0.6) is 0 Å². The summed E-state index contributed by atoms with van der Waals surface area (Å²) < 4.78 is 4.91. The van der Waals surface area contributed by atoms with E-state index in [2.05, 4.69) is 6.92 Å². The van der Waals surface area contributed by atoms with Crippen LogP contribution in [0.2, 0.25) is 0 Å². The van der Waals surface area contributed by atoms with E-state index < -0.39 is 17.4 Å². The molecule has 1 N–H and O–H groups in total. The smallest absolute Gasteiger partial charge is 0.323 e. The molecule has 0 aromatic rings. The first-order chi connectivity index (χ1) is 7.44. The second-order valence-corrected chi connectivity index (χ2v) is 4.81. The van der Waals surface area contributed by atoms with E-state index in [-0.39, 0.29) is 12.5 Å². The minimum Gasteiger partial charge on any atom is -0.480 e. The summed E-state index contributed by atoms with van der Waals surface area (Å²) in [4.78, 5) is 23.2. The van der Waals surface area contributed by atoms with Gasteiger partial charge in [-0.3, -0.25) is 9.59 Å². The topological polar surface area (TPSA) is 63.6 Å². The molecule has 0 saturated heterocycles. The summed E-state index contributed by atoms with van der Waals surface area (Å²) >= 11 is 0. The van der Waals surface area contributed by atoms with Crippen LogP contribution in [0.3, 0.4) is 0 Å². The molecule has 1 aliphatic rings. The Kier molecular flexibility index (Phi) is 3.94. The highest BCUT2D eigenvalue weighted by Gasteiger charge is 2.51. The summed E-state index contributed by atoms with van der Waals surface area (Å²) in [5.41, 5.74) is -1.30. The van der Waals surface area contributed by atoms with E-state index >= 15 is 0 Å². The normalized spacial score (nSPS) is 34.4. The molecule has 4 heteroatoms. The van der Waals surface area contributed by atoms with E-state index in [9.17, 15) is 14.7 Å². The van der Waals surface area contributed by atoms with Gasteiger partial charge < -0.3 is 9.84 Å². The van der Waals surface area contributed by atoms with Crippen LogP contribution in [0, 0.1) is 17.3 Å². The van der Waals surface area contributed by atoms with E-state index in [0.717, 1.165) is 6.42 Å². The molecule has 16 heavy (non-hydrogen) atoms. The third-order valence-corrected chi connectivity index (χ3v) is 3.74. The van der Waals surface area contributed by atoms with Gasteiger partial charge in [-0.05, 0) is 38.0 Å². The Morgan fingerprint density at radius 1 is 1.38 bits per heavy atom. The Hall–Kier alpha value is -1.06. The highest BCUT2D eigenvalue weighted by atomic mass is 16.5. The zero-order chi connectivity index (χ0) is 12.3. The molecule has 0 heterocycles.